The second kappa shape index (κ2) is 5.80. The van der Waals surface area contributed by atoms with E-state index in [-0.39, 0.29) is 6.09 Å². The number of rotatable bonds is 2. The third-order valence-corrected chi connectivity index (χ3v) is 5.01. The monoisotopic (exact) mass is 331 g/mol. The summed E-state index contributed by atoms with van der Waals surface area (Å²) in [5.74, 6) is -0.734. The Morgan fingerprint density at radius 2 is 1.88 bits per heavy atom. The van der Waals surface area contributed by atoms with Crippen LogP contribution in [0.3, 0.4) is 0 Å². The number of carbonyl (C=O) groups excluding carboxylic acids is 1. The Kier molecular flexibility index (Phi) is 4.06. The molecule has 1 aromatic carbocycles. The maximum absolute atomic E-state index is 12.3. The Labute approximate surface area is 142 Å². The Morgan fingerprint density at radius 1 is 1.21 bits per heavy atom. The number of carboxylic acids is 1. The van der Waals surface area contributed by atoms with Gasteiger partial charge in [-0.1, -0.05) is 25.0 Å². The van der Waals surface area contributed by atoms with Gasteiger partial charge in [0.15, 0.2) is 0 Å². The van der Waals surface area contributed by atoms with Crippen molar-refractivity contribution in [2.75, 3.05) is 11.4 Å². The maximum atomic E-state index is 12.3. The second-order valence-corrected chi connectivity index (χ2v) is 7.82. The van der Waals surface area contributed by atoms with E-state index in [9.17, 15) is 14.7 Å². The van der Waals surface area contributed by atoms with Crippen LogP contribution in [0.1, 0.15) is 57.6 Å². The van der Waals surface area contributed by atoms with Crippen LogP contribution < -0.4 is 4.90 Å². The number of nitrogens with zero attached hydrogens (tertiary/aromatic N) is 1. The van der Waals surface area contributed by atoms with Gasteiger partial charge in [0.05, 0.1) is 11.1 Å². The molecular formula is C19H25NO4. The highest BCUT2D eigenvalue weighted by molar-refractivity contribution is 5.91. The molecule has 5 heteroatoms. The van der Waals surface area contributed by atoms with Crippen LogP contribution in [-0.4, -0.2) is 29.3 Å². The number of ether oxygens (including phenoxy) is 1. The molecule has 1 aliphatic heterocycles. The number of fused-ring (bicyclic) bond motifs is 1. The van der Waals surface area contributed by atoms with E-state index in [1.807, 2.05) is 39.0 Å². The van der Waals surface area contributed by atoms with E-state index in [0.29, 0.717) is 19.4 Å². The standard InChI is InChI=1S/C19H25NO4/c1-18(2,3)24-17(23)20-11-8-13-12-14(6-7-15(13)20)19(16(21)22)9-4-5-10-19/h6-7,12H,4-5,8-11H2,1-3H3,(H,21,22). The van der Waals surface area contributed by atoms with E-state index >= 15 is 0 Å². The van der Waals surface area contributed by atoms with Gasteiger partial charge in [-0.15, -0.1) is 0 Å². The smallest absolute Gasteiger partial charge is 0.414 e. The molecule has 0 radical (unpaired) electrons. The average molecular weight is 331 g/mol. The van der Waals surface area contributed by atoms with Crippen LogP contribution in [0.25, 0.3) is 0 Å². The van der Waals surface area contributed by atoms with Crippen molar-refractivity contribution in [1.29, 1.82) is 0 Å². The van der Waals surface area contributed by atoms with Gasteiger partial charge in [0.25, 0.3) is 0 Å². The number of hydrogen-bond donors (Lipinski definition) is 1. The Hall–Kier alpha value is -2.04. The Morgan fingerprint density at radius 3 is 2.46 bits per heavy atom. The predicted molar refractivity (Wildman–Crippen MR) is 91.5 cm³/mol. The number of amides is 1. The van der Waals surface area contributed by atoms with E-state index in [1.165, 1.54) is 0 Å². The molecule has 2 aliphatic rings. The van der Waals surface area contributed by atoms with E-state index < -0.39 is 17.0 Å². The van der Waals surface area contributed by atoms with Crippen LogP contribution in [0.2, 0.25) is 0 Å². The molecular weight excluding hydrogens is 306 g/mol. The third kappa shape index (κ3) is 2.87. The first-order chi connectivity index (χ1) is 11.2. The Bertz CT molecular complexity index is 668. The van der Waals surface area contributed by atoms with Gasteiger partial charge < -0.3 is 9.84 Å². The average Bonchev–Trinajstić information content (AvgIpc) is 3.12. The fourth-order valence-corrected chi connectivity index (χ4v) is 3.81. The van der Waals surface area contributed by atoms with Crippen molar-refractivity contribution >= 4 is 17.7 Å². The van der Waals surface area contributed by atoms with E-state index in [4.69, 9.17) is 4.74 Å². The van der Waals surface area contributed by atoms with Crippen molar-refractivity contribution in [3.05, 3.63) is 29.3 Å². The first kappa shape index (κ1) is 16.8. The molecule has 1 heterocycles. The SMILES string of the molecule is CC(C)(C)OC(=O)N1CCc2cc(C3(C(=O)O)CCCC3)ccc21. The molecule has 0 saturated heterocycles. The van der Waals surface area contributed by atoms with Gasteiger partial charge in [-0.3, -0.25) is 9.69 Å². The quantitative estimate of drug-likeness (QED) is 0.893. The van der Waals surface area contributed by atoms with Gasteiger partial charge in [0, 0.05) is 6.54 Å². The van der Waals surface area contributed by atoms with Crippen LogP contribution in [0.5, 0.6) is 0 Å². The summed E-state index contributed by atoms with van der Waals surface area (Å²) in [4.78, 5) is 25.9. The molecule has 1 aliphatic carbocycles. The van der Waals surface area contributed by atoms with Crippen LogP contribution >= 0.6 is 0 Å². The molecule has 1 aromatic rings. The summed E-state index contributed by atoms with van der Waals surface area (Å²) in [5, 5.41) is 9.75. The van der Waals surface area contributed by atoms with Crippen LogP contribution in [0.15, 0.2) is 18.2 Å². The lowest BCUT2D eigenvalue weighted by molar-refractivity contribution is -0.143. The molecule has 3 rings (SSSR count). The number of carboxylic acid groups (broad SMARTS) is 1. The summed E-state index contributed by atoms with van der Waals surface area (Å²) in [7, 11) is 0. The van der Waals surface area contributed by atoms with Crippen molar-refractivity contribution in [2.24, 2.45) is 0 Å². The summed E-state index contributed by atoms with van der Waals surface area (Å²) in [6, 6.07) is 5.74. The van der Waals surface area contributed by atoms with Gasteiger partial charge in [-0.05, 0) is 57.2 Å². The minimum absolute atomic E-state index is 0.345. The van der Waals surface area contributed by atoms with Gasteiger partial charge in [0.1, 0.15) is 5.60 Å². The van der Waals surface area contributed by atoms with Crippen molar-refractivity contribution in [2.45, 2.75) is 63.9 Å². The molecule has 0 atom stereocenters. The Balaban J connectivity index is 1.88. The summed E-state index contributed by atoms with van der Waals surface area (Å²) in [5.41, 5.74) is 1.46. The molecule has 1 N–H and O–H groups in total. The van der Waals surface area contributed by atoms with Crippen molar-refractivity contribution < 1.29 is 19.4 Å². The highest BCUT2D eigenvalue weighted by Gasteiger charge is 2.43. The first-order valence-electron chi connectivity index (χ1n) is 8.60. The molecule has 130 valence electrons. The van der Waals surface area contributed by atoms with E-state index in [2.05, 4.69) is 0 Å². The number of benzene rings is 1. The van der Waals surface area contributed by atoms with Gasteiger partial charge >= 0.3 is 12.1 Å². The first-order valence-corrected chi connectivity index (χ1v) is 8.60. The normalized spacial score (nSPS) is 19.2. The van der Waals surface area contributed by atoms with Crippen LogP contribution in [0, 0.1) is 0 Å². The topological polar surface area (TPSA) is 66.8 Å². The minimum Gasteiger partial charge on any atom is -0.481 e. The molecule has 0 unspecified atom stereocenters. The fraction of sp³-hybridized carbons (Fsp3) is 0.579. The molecule has 1 saturated carbocycles. The summed E-state index contributed by atoms with van der Waals surface area (Å²) >= 11 is 0. The zero-order chi connectivity index (χ0) is 17.5. The molecule has 0 spiro atoms. The fourth-order valence-electron chi connectivity index (χ4n) is 3.81. The number of aliphatic carboxylic acids is 1. The summed E-state index contributed by atoms with van der Waals surface area (Å²) in [6.45, 7) is 6.12. The van der Waals surface area contributed by atoms with Crippen molar-refractivity contribution in [3.63, 3.8) is 0 Å². The number of carbonyl (C=O) groups is 2. The molecule has 0 aromatic heterocycles. The maximum Gasteiger partial charge on any atom is 0.414 e. The minimum atomic E-state index is -0.756. The molecule has 24 heavy (non-hydrogen) atoms. The highest BCUT2D eigenvalue weighted by Crippen LogP contribution is 2.43. The molecule has 0 bridgehead atoms. The van der Waals surface area contributed by atoms with Gasteiger partial charge in [-0.2, -0.15) is 0 Å². The van der Waals surface area contributed by atoms with Crippen LogP contribution in [0.4, 0.5) is 10.5 Å². The van der Waals surface area contributed by atoms with Gasteiger partial charge in [0.2, 0.25) is 0 Å². The second-order valence-electron chi connectivity index (χ2n) is 7.82. The highest BCUT2D eigenvalue weighted by atomic mass is 16.6. The summed E-state index contributed by atoms with van der Waals surface area (Å²) < 4.78 is 5.46. The lowest BCUT2D eigenvalue weighted by atomic mass is 9.78. The molecule has 1 fully saturated rings. The lowest BCUT2D eigenvalue weighted by Gasteiger charge is -2.26. The van der Waals surface area contributed by atoms with Gasteiger partial charge in [-0.25, -0.2) is 4.79 Å². The van der Waals surface area contributed by atoms with E-state index in [0.717, 1.165) is 36.1 Å². The number of hydrogen-bond acceptors (Lipinski definition) is 3. The molecule has 5 nitrogen and oxygen atoms in total. The lowest BCUT2D eigenvalue weighted by Crippen LogP contribution is -2.35. The van der Waals surface area contributed by atoms with E-state index in [1.54, 1.807) is 4.90 Å². The van der Waals surface area contributed by atoms with Crippen molar-refractivity contribution in [3.8, 4) is 0 Å². The third-order valence-electron chi connectivity index (χ3n) is 5.01. The zero-order valence-corrected chi connectivity index (χ0v) is 14.6. The van der Waals surface area contributed by atoms with Crippen LogP contribution in [-0.2, 0) is 21.4 Å². The molecule has 1 amide bonds. The summed E-state index contributed by atoms with van der Waals surface area (Å²) in [6.07, 6.45) is 3.68. The predicted octanol–water partition coefficient (Wildman–Crippen LogP) is 3.88. The largest absolute Gasteiger partial charge is 0.481 e. The number of anilines is 1. The van der Waals surface area contributed by atoms with Crippen molar-refractivity contribution in [1.82, 2.24) is 0 Å². The zero-order valence-electron chi connectivity index (χ0n) is 14.6.